The van der Waals surface area contributed by atoms with E-state index < -0.39 is 16.0 Å². The molecule has 0 amide bonds. The molecular formula is C20H24N2O5S. The third-order valence-electron chi connectivity index (χ3n) is 4.52. The zero-order valence-electron chi connectivity index (χ0n) is 16.0. The van der Waals surface area contributed by atoms with Gasteiger partial charge in [-0.1, -0.05) is 17.7 Å². The maximum Gasteiger partial charge on any atom is 0.338 e. The van der Waals surface area contributed by atoms with Crippen molar-refractivity contribution in [3.05, 3.63) is 47.5 Å². The van der Waals surface area contributed by atoms with E-state index in [0.29, 0.717) is 18.8 Å². The number of anilines is 1. The first-order chi connectivity index (χ1) is 13.3. The number of carbonyl (C=O) groups excluding carboxylic acids is 1. The predicted octanol–water partition coefficient (Wildman–Crippen LogP) is 3.33. The number of nitrogen functional groups attached to an aromatic ring is 1. The monoisotopic (exact) mass is 404 g/mol. The molecule has 28 heavy (non-hydrogen) atoms. The first kappa shape index (κ1) is 20.2. The van der Waals surface area contributed by atoms with Crippen molar-refractivity contribution in [2.24, 2.45) is 0 Å². The number of nitrogens with zero attached hydrogens (tertiary/aromatic N) is 1. The highest BCUT2D eigenvalue weighted by Crippen LogP contribution is 2.38. The fraction of sp³-hybridized carbons (Fsp3) is 0.350. The smallest absolute Gasteiger partial charge is 0.338 e. The molecule has 0 atom stereocenters. The lowest BCUT2D eigenvalue weighted by Crippen LogP contribution is -2.28. The van der Waals surface area contributed by atoms with Crippen LogP contribution in [0.15, 0.2) is 41.3 Å². The van der Waals surface area contributed by atoms with E-state index in [9.17, 15) is 13.2 Å². The van der Waals surface area contributed by atoms with E-state index in [2.05, 4.69) is 0 Å². The molecule has 0 bridgehead atoms. The molecule has 0 aromatic heterocycles. The molecule has 8 heteroatoms. The second kappa shape index (κ2) is 8.20. The summed E-state index contributed by atoms with van der Waals surface area (Å²) in [7, 11) is -3.87. The van der Waals surface area contributed by atoms with E-state index >= 15 is 0 Å². The van der Waals surface area contributed by atoms with Gasteiger partial charge in [0.05, 0.1) is 17.9 Å². The standard InChI is InChI=1S/C20H24N2O5S/c1-3-26-20(23)15-12-17(21)19(27-16-8-6-14(2)7-9-16)18(13-15)28(24,25)22-10-4-5-11-22/h6-9,12-13H,3-5,10-11,21H2,1-2H3. The van der Waals surface area contributed by atoms with Gasteiger partial charge in [0.15, 0.2) is 5.75 Å². The van der Waals surface area contributed by atoms with E-state index in [4.69, 9.17) is 15.2 Å². The predicted molar refractivity (Wildman–Crippen MR) is 106 cm³/mol. The normalized spacial score (nSPS) is 14.8. The van der Waals surface area contributed by atoms with Crippen molar-refractivity contribution in [2.75, 3.05) is 25.4 Å². The zero-order valence-corrected chi connectivity index (χ0v) is 16.8. The molecule has 1 saturated heterocycles. The largest absolute Gasteiger partial charge is 0.462 e. The summed E-state index contributed by atoms with van der Waals surface area (Å²) in [5.74, 6) is -0.156. The molecule has 0 aliphatic carbocycles. The topological polar surface area (TPSA) is 98.9 Å². The zero-order chi connectivity index (χ0) is 20.3. The van der Waals surface area contributed by atoms with Gasteiger partial charge >= 0.3 is 5.97 Å². The average Bonchev–Trinajstić information content (AvgIpc) is 3.20. The molecule has 1 fully saturated rings. The van der Waals surface area contributed by atoms with Gasteiger partial charge < -0.3 is 15.2 Å². The number of sulfonamides is 1. The quantitative estimate of drug-likeness (QED) is 0.586. The Morgan fingerprint density at radius 1 is 1.14 bits per heavy atom. The third kappa shape index (κ3) is 4.13. The molecule has 2 aromatic carbocycles. The van der Waals surface area contributed by atoms with Crippen molar-refractivity contribution in [2.45, 2.75) is 31.6 Å². The molecule has 1 aliphatic rings. The Labute approximate surface area is 165 Å². The van der Waals surface area contributed by atoms with Crippen molar-refractivity contribution in [1.29, 1.82) is 0 Å². The van der Waals surface area contributed by atoms with E-state index in [0.717, 1.165) is 18.4 Å². The molecule has 0 unspecified atom stereocenters. The van der Waals surface area contributed by atoms with E-state index in [-0.39, 0.29) is 28.5 Å². The molecule has 0 radical (unpaired) electrons. The van der Waals surface area contributed by atoms with E-state index in [1.54, 1.807) is 19.1 Å². The summed E-state index contributed by atoms with van der Waals surface area (Å²) in [5, 5.41) is 0. The molecule has 7 nitrogen and oxygen atoms in total. The van der Waals surface area contributed by atoms with Gasteiger partial charge in [-0.15, -0.1) is 0 Å². The van der Waals surface area contributed by atoms with Gasteiger partial charge in [0.2, 0.25) is 10.0 Å². The van der Waals surface area contributed by atoms with Crippen molar-refractivity contribution >= 4 is 21.7 Å². The molecular weight excluding hydrogens is 380 g/mol. The summed E-state index contributed by atoms with van der Waals surface area (Å²) < 4.78 is 38.7. The average molecular weight is 404 g/mol. The minimum atomic E-state index is -3.87. The van der Waals surface area contributed by atoms with Crippen LogP contribution < -0.4 is 10.5 Å². The first-order valence-electron chi connectivity index (χ1n) is 9.18. The molecule has 3 rings (SSSR count). The maximum atomic E-state index is 13.2. The van der Waals surface area contributed by atoms with Gasteiger partial charge in [0, 0.05) is 13.1 Å². The Morgan fingerprint density at radius 3 is 2.39 bits per heavy atom. The lowest BCUT2D eigenvalue weighted by atomic mass is 10.2. The van der Waals surface area contributed by atoms with Crippen molar-refractivity contribution in [3.63, 3.8) is 0 Å². The Morgan fingerprint density at radius 2 is 1.79 bits per heavy atom. The van der Waals surface area contributed by atoms with Crippen LogP contribution in [0.25, 0.3) is 0 Å². The van der Waals surface area contributed by atoms with Gasteiger partial charge in [0.1, 0.15) is 10.6 Å². The van der Waals surface area contributed by atoms with Gasteiger partial charge in [-0.25, -0.2) is 13.2 Å². The van der Waals surface area contributed by atoms with Crippen LogP contribution in [0.3, 0.4) is 0 Å². The van der Waals surface area contributed by atoms with E-state index in [1.165, 1.54) is 16.4 Å². The SMILES string of the molecule is CCOC(=O)c1cc(N)c(Oc2ccc(C)cc2)c(S(=O)(=O)N2CCCC2)c1. The van der Waals surface area contributed by atoms with Gasteiger partial charge in [-0.2, -0.15) is 4.31 Å². The van der Waals surface area contributed by atoms with Gasteiger partial charge in [-0.05, 0) is 51.0 Å². The fourth-order valence-corrected chi connectivity index (χ4v) is 4.74. The van der Waals surface area contributed by atoms with Gasteiger partial charge in [-0.3, -0.25) is 0 Å². The molecule has 150 valence electrons. The first-order valence-corrected chi connectivity index (χ1v) is 10.6. The highest BCUT2D eigenvalue weighted by Gasteiger charge is 2.32. The number of ether oxygens (including phenoxy) is 2. The lowest BCUT2D eigenvalue weighted by molar-refractivity contribution is 0.0526. The molecule has 0 saturated carbocycles. The molecule has 2 aromatic rings. The molecule has 0 spiro atoms. The van der Waals surface area contributed by atoms with Crippen molar-refractivity contribution in [3.8, 4) is 11.5 Å². The number of hydrogen-bond donors (Lipinski definition) is 1. The number of benzene rings is 2. The van der Waals surface area contributed by atoms with Crippen LogP contribution in [0.4, 0.5) is 5.69 Å². The summed E-state index contributed by atoms with van der Waals surface area (Å²) in [6.45, 7) is 4.65. The Bertz CT molecular complexity index is 965. The summed E-state index contributed by atoms with van der Waals surface area (Å²) in [4.78, 5) is 12.1. The molecule has 1 aliphatic heterocycles. The minimum absolute atomic E-state index is 0.0174. The number of rotatable bonds is 6. The number of nitrogens with two attached hydrogens (primary N) is 1. The summed E-state index contributed by atoms with van der Waals surface area (Å²) in [5.41, 5.74) is 7.29. The maximum absolute atomic E-state index is 13.2. The Kier molecular flexibility index (Phi) is 5.90. The van der Waals surface area contributed by atoms with Crippen molar-refractivity contribution < 1.29 is 22.7 Å². The lowest BCUT2D eigenvalue weighted by Gasteiger charge is -2.20. The van der Waals surface area contributed by atoms with Crippen LogP contribution >= 0.6 is 0 Å². The Hall–Kier alpha value is -2.58. The highest BCUT2D eigenvalue weighted by molar-refractivity contribution is 7.89. The number of aryl methyl sites for hydroxylation is 1. The van der Waals surface area contributed by atoms with Crippen LogP contribution in [-0.4, -0.2) is 38.4 Å². The summed E-state index contributed by atoms with van der Waals surface area (Å²) in [6, 6.07) is 9.84. The fourth-order valence-electron chi connectivity index (χ4n) is 3.05. The van der Waals surface area contributed by atoms with Crippen molar-refractivity contribution in [1.82, 2.24) is 4.31 Å². The summed E-state index contributed by atoms with van der Waals surface area (Å²) in [6.07, 6.45) is 1.58. The van der Waals surface area contributed by atoms with Crippen LogP contribution in [-0.2, 0) is 14.8 Å². The third-order valence-corrected chi connectivity index (χ3v) is 6.42. The van der Waals surface area contributed by atoms with Crippen LogP contribution in [0.2, 0.25) is 0 Å². The highest BCUT2D eigenvalue weighted by atomic mass is 32.2. The second-order valence-corrected chi connectivity index (χ2v) is 8.55. The number of esters is 1. The van der Waals surface area contributed by atoms with Crippen LogP contribution in [0.5, 0.6) is 11.5 Å². The number of hydrogen-bond acceptors (Lipinski definition) is 6. The minimum Gasteiger partial charge on any atom is -0.462 e. The second-order valence-electron chi connectivity index (χ2n) is 6.64. The summed E-state index contributed by atoms with van der Waals surface area (Å²) >= 11 is 0. The number of carbonyl (C=O) groups is 1. The van der Waals surface area contributed by atoms with E-state index in [1.807, 2.05) is 19.1 Å². The van der Waals surface area contributed by atoms with Crippen LogP contribution in [0, 0.1) is 6.92 Å². The van der Waals surface area contributed by atoms with Gasteiger partial charge in [0.25, 0.3) is 0 Å². The van der Waals surface area contributed by atoms with Crippen LogP contribution in [0.1, 0.15) is 35.7 Å². The Balaban J connectivity index is 2.11. The molecule has 1 heterocycles. The molecule has 2 N–H and O–H groups in total.